The van der Waals surface area contributed by atoms with E-state index in [2.05, 4.69) is 19.2 Å². The second kappa shape index (κ2) is 16.8. The van der Waals surface area contributed by atoms with Gasteiger partial charge in [0.1, 0.15) is 5.82 Å². The van der Waals surface area contributed by atoms with Gasteiger partial charge in [0.2, 0.25) is 5.91 Å². The van der Waals surface area contributed by atoms with Crippen molar-refractivity contribution in [1.82, 2.24) is 15.1 Å². The molecule has 1 N–H and O–H groups in total. The minimum Gasteiger partial charge on any atom is -0.493 e. The van der Waals surface area contributed by atoms with Crippen LogP contribution in [-0.4, -0.2) is 86.3 Å². The lowest BCUT2D eigenvalue weighted by molar-refractivity contribution is -0.131. The van der Waals surface area contributed by atoms with Crippen LogP contribution in [0.4, 0.5) is 4.39 Å². The predicted molar refractivity (Wildman–Crippen MR) is 168 cm³/mol. The van der Waals surface area contributed by atoms with E-state index in [1.807, 2.05) is 9.80 Å². The fraction of sp³-hybridized carbons (Fsp3) is 0.576. The van der Waals surface area contributed by atoms with Crippen LogP contribution >= 0.6 is 12.4 Å². The second-order valence-electron chi connectivity index (χ2n) is 11.6. The van der Waals surface area contributed by atoms with E-state index in [4.69, 9.17) is 14.2 Å². The summed E-state index contributed by atoms with van der Waals surface area (Å²) in [5.74, 6) is 0.945. The largest absolute Gasteiger partial charge is 0.493 e. The number of carbonyl (C=O) groups excluding carboxylic acids is 2. The summed E-state index contributed by atoms with van der Waals surface area (Å²) >= 11 is 0. The van der Waals surface area contributed by atoms with Crippen molar-refractivity contribution in [2.45, 2.75) is 83.0 Å². The molecule has 1 saturated carbocycles. The lowest BCUT2D eigenvalue weighted by Gasteiger charge is -2.40. The first-order chi connectivity index (χ1) is 20.3. The molecule has 2 amide bonds. The average Bonchev–Trinajstić information content (AvgIpc) is 3.82. The Bertz CT molecular complexity index is 1170. The molecule has 1 heterocycles. The molecule has 238 valence electrons. The summed E-state index contributed by atoms with van der Waals surface area (Å²) in [6.07, 6.45) is 5.83. The van der Waals surface area contributed by atoms with Gasteiger partial charge in [-0.1, -0.05) is 12.1 Å². The predicted octanol–water partition coefficient (Wildman–Crippen LogP) is 5.27. The summed E-state index contributed by atoms with van der Waals surface area (Å²) in [5.41, 5.74) is 1.42. The van der Waals surface area contributed by atoms with E-state index in [0.29, 0.717) is 61.9 Å². The summed E-state index contributed by atoms with van der Waals surface area (Å²) < 4.78 is 29.7. The number of benzene rings is 2. The van der Waals surface area contributed by atoms with Crippen LogP contribution in [0.2, 0.25) is 0 Å². The Hall–Kier alpha value is -2.88. The van der Waals surface area contributed by atoms with Crippen molar-refractivity contribution < 1.29 is 28.2 Å². The van der Waals surface area contributed by atoms with Crippen molar-refractivity contribution in [3.05, 3.63) is 59.4 Å². The Morgan fingerprint density at radius 3 is 2.30 bits per heavy atom. The molecule has 0 bridgehead atoms. The van der Waals surface area contributed by atoms with Gasteiger partial charge in [0.15, 0.2) is 11.5 Å². The van der Waals surface area contributed by atoms with Crippen LogP contribution in [0.5, 0.6) is 11.5 Å². The minimum atomic E-state index is -0.291. The standard InChI is InChI=1S/C33H46FN3O5.ClH/c1-23(2)37(33(39)25-8-15-30(41-4)31(21-25)42-19-5-18-40-3)29-12-11-27(35-22-29)16-17-36(28-13-14-28)32(38)20-24-6-9-26(34)10-7-24;/h6-10,15,21,23,27-29,35H,5,11-14,16-20,22H2,1-4H3;1H/t27-,29-;/m1./s1. The molecule has 2 atom stereocenters. The number of halogens is 2. The highest BCUT2D eigenvalue weighted by atomic mass is 35.5. The molecule has 0 aromatic heterocycles. The highest BCUT2D eigenvalue weighted by Crippen LogP contribution is 2.31. The maximum Gasteiger partial charge on any atom is 0.254 e. The smallest absolute Gasteiger partial charge is 0.254 e. The van der Waals surface area contributed by atoms with Gasteiger partial charge in [-0.15, -0.1) is 12.4 Å². The molecular formula is C33H47ClFN3O5. The van der Waals surface area contributed by atoms with Crippen LogP contribution in [0.1, 0.15) is 68.3 Å². The first-order valence-electron chi connectivity index (χ1n) is 15.2. The number of nitrogens with zero attached hydrogens (tertiary/aromatic N) is 2. The Labute approximate surface area is 261 Å². The van der Waals surface area contributed by atoms with Gasteiger partial charge in [0, 0.05) is 63.0 Å². The Balaban J connectivity index is 0.00000506. The lowest BCUT2D eigenvalue weighted by Crippen LogP contribution is -2.54. The molecule has 2 aliphatic rings. The summed E-state index contributed by atoms with van der Waals surface area (Å²) in [7, 11) is 3.25. The molecule has 2 fully saturated rings. The number of methoxy groups -OCH3 is 2. The average molecular weight is 620 g/mol. The number of hydrogen-bond donors (Lipinski definition) is 1. The van der Waals surface area contributed by atoms with Gasteiger partial charge in [-0.05, 0) is 81.8 Å². The molecule has 4 rings (SSSR count). The first kappa shape index (κ1) is 34.6. The molecule has 0 unspecified atom stereocenters. The molecular weight excluding hydrogens is 573 g/mol. The molecule has 0 radical (unpaired) electrons. The summed E-state index contributed by atoms with van der Waals surface area (Å²) in [4.78, 5) is 30.8. The zero-order chi connectivity index (χ0) is 30.1. The SMILES string of the molecule is COCCCOc1cc(C(=O)N(C(C)C)[C@@H]2CC[C@H](CCN(C(=O)Cc3ccc(F)cc3)C3CC3)NC2)ccc1OC.Cl. The van der Waals surface area contributed by atoms with Crippen molar-refractivity contribution in [1.29, 1.82) is 0 Å². The van der Waals surface area contributed by atoms with Gasteiger partial charge in [0.05, 0.1) is 20.1 Å². The number of carbonyl (C=O) groups is 2. The number of piperidine rings is 1. The Morgan fingerprint density at radius 2 is 1.70 bits per heavy atom. The molecule has 10 heteroatoms. The van der Waals surface area contributed by atoms with Gasteiger partial charge in [0.25, 0.3) is 5.91 Å². The molecule has 2 aromatic carbocycles. The third kappa shape index (κ3) is 9.81. The summed E-state index contributed by atoms with van der Waals surface area (Å²) in [5, 5.41) is 3.66. The van der Waals surface area contributed by atoms with Gasteiger partial charge in [-0.25, -0.2) is 4.39 Å². The highest BCUT2D eigenvalue weighted by molar-refractivity contribution is 5.95. The van der Waals surface area contributed by atoms with Gasteiger partial charge in [-0.3, -0.25) is 9.59 Å². The first-order valence-corrected chi connectivity index (χ1v) is 15.2. The van der Waals surface area contributed by atoms with Crippen molar-refractivity contribution >= 4 is 24.2 Å². The van der Waals surface area contributed by atoms with Crippen molar-refractivity contribution in [2.75, 3.05) is 40.5 Å². The topological polar surface area (TPSA) is 80.3 Å². The van der Waals surface area contributed by atoms with E-state index in [-0.39, 0.29) is 42.1 Å². The van der Waals surface area contributed by atoms with Crippen LogP contribution in [0.3, 0.4) is 0 Å². The number of nitrogens with one attached hydrogen (secondary N) is 1. The van der Waals surface area contributed by atoms with E-state index in [1.165, 1.54) is 12.1 Å². The molecule has 2 aromatic rings. The third-order valence-electron chi connectivity index (χ3n) is 8.13. The van der Waals surface area contributed by atoms with E-state index in [9.17, 15) is 14.0 Å². The second-order valence-corrected chi connectivity index (χ2v) is 11.6. The van der Waals surface area contributed by atoms with Gasteiger partial charge in [-0.2, -0.15) is 0 Å². The molecule has 1 aliphatic heterocycles. The highest BCUT2D eigenvalue weighted by Gasteiger charge is 2.34. The minimum absolute atomic E-state index is 0. The van der Waals surface area contributed by atoms with Crippen LogP contribution in [0.15, 0.2) is 42.5 Å². The van der Waals surface area contributed by atoms with E-state index in [0.717, 1.165) is 44.1 Å². The molecule has 8 nitrogen and oxygen atoms in total. The quantitative estimate of drug-likeness (QED) is 0.274. The normalized spacial score (nSPS) is 18.1. The number of hydrogen-bond acceptors (Lipinski definition) is 6. The molecule has 0 spiro atoms. The van der Waals surface area contributed by atoms with Crippen LogP contribution in [0.25, 0.3) is 0 Å². The number of amides is 2. The van der Waals surface area contributed by atoms with Gasteiger partial charge >= 0.3 is 0 Å². The Morgan fingerprint density at radius 1 is 0.977 bits per heavy atom. The molecule has 1 saturated heterocycles. The zero-order valence-electron chi connectivity index (χ0n) is 25.9. The third-order valence-corrected chi connectivity index (χ3v) is 8.13. The van der Waals surface area contributed by atoms with E-state index in [1.54, 1.807) is 44.6 Å². The number of ether oxygens (including phenoxy) is 3. The lowest BCUT2D eigenvalue weighted by atomic mass is 9.95. The van der Waals surface area contributed by atoms with Crippen molar-refractivity contribution in [3.8, 4) is 11.5 Å². The maximum absolute atomic E-state index is 13.8. The van der Waals surface area contributed by atoms with Gasteiger partial charge < -0.3 is 29.3 Å². The number of rotatable bonds is 15. The Kier molecular flexibility index (Phi) is 13.5. The fourth-order valence-corrected chi connectivity index (χ4v) is 5.73. The zero-order valence-corrected chi connectivity index (χ0v) is 26.7. The molecule has 1 aliphatic carbocycles. The van der Waals surface area contributed by atoms with Crippen LogP contribution in [-0.2, 0) is 16.0 Å². The monoisotopic (exact) mass is 619 g/mol. The molecule has 43 heavy (non-hydrogen) atoms. The fourth-order valence-electron chi connectivity index (χ4n) is 5.73. The van der Waals surface area contributed by atoms with Crippen LogP contribution in [0, 0.1) is 5.82 Å². The summed E-state index contributed by atoms with van der Waals surface area (Å²) in [6, 6.07) is 12.3. The summed E-state index contributed by atoms with van der Waals surface area (Å²) in [6.45, 7) is 6.59. The van der Waals surface area contributed by atoms with Crippen molar-refractivity contribution in [2.24, 2.45) is 0 Å². The van der Waals surface area contributed by atoms with E-state index < -0.39 is 0 Å². The van der Waals surface area contributed by atoms with E-state index >= 15 is 0 Å². The van der Waals surface area contributed by atoms with Crippen LogP contribution < -0.4 is 14.8 Å². The van der Waals surface area contributed by atoms with Crippen molar-refractivity contribution in [3.63, 3.8) is 0 Å². The maximum atomic E-state index is 13.8.